The molecule has 1 aliphatic rings. The van der Waals surface area contributed by atoms with Crippen LogP contribution in [-0.4, -0.2) is 73.7 Å². The maximum absolute atomic E-state index is 4.83. The Morgan fingerprint density at radius 1 is 1.15 bits per heavy atom. The van der Waals surface area contributed by atoms with Gasteiger partial charge in [0.05, 0.1) is 0 Å². The van der Waals surface area contributed by atoms with Crippen molar-refractivity contribution in [2.24, 2.45) is 10.9 Å². The SMILES string of the molecule is CCCN1CCC(CN=C(NCC)NCCCN(C(C)C)C(C)C)C1.I. The minimum absolute atomic E-state index is 0. The fraction of sp³-hybridized carbons (Fsp3) is 0.950. The highest BCUT2D eigenvalue weighted by Gasteiger charge is 2.21. The first-order chi connectivity index (χ1) is 12.0. The predicted octanol–water partition coefficient (Wildman–Crippen LogP) is 3.40. The number of nitrogens with zero attached hydrogens (tertiary/aromatic N) is 3. The summed E-state index contributed by atoms with van der Waals surface area (Å²) < 4.78 is 0. The molecule has 0 aromatic heterocycles. The smallest absolute Gasteiger partial charge is 0.191 e. The third kappa shape index (κ3) is 10.3. The van der Waals surface area contributed by atoms with Crippen LogP contribution in [0, 0.1) is 5.92 Å². The Bertz CT molecular complexity index is 365. The summed E-state index contributed by atoms with van der Waals surface area (Å²) in [6.45, 7) is 21.2. The highest BCUT2D eigenvalue weighted by atomic mass is 127. The number of hydrogen-bond donors (Lipinski definition) is 2. The van der Waals surface area contributed by atoms with E-state index in [0.717, 1.165) is 44.5 Å². The van der Waals surface area contributed by atoms with Crippen molar-refractivity contribution in [3.8, 4) is 0 Å². The molecule has 1 fully saturated rings. The van der Waals surface area contributed by atoms with Gasteiger partial charge in [-0.05, 0) is 72.9 Å². The Morgan fingerprint density at radius 3 is 2.42 bits per heavy atom. The number of nitrogens with one attached hydrogen (secondary N) is 2. The Labute approximate surface area is 179 Å². The molecule has 0 aliphatic carbocycles. The van der Waals surface area contributed by atoms with E-state index in [-0.39, 0.29) is 24.0 Å². The first-order valence-electron chi connectivity index (χ1n) is 10.5. The molecule has 0 saturated carbocycles. The molecule has 6 heteroatoms. The molecule has 0 bridgehead atoms. The van der Waals surface area contributed by atoms with Gasteiger partial charge in [0.15, 0.2) is 5.96 Å². The number of guanidine groups is 1. The standard InChI is InChI=1S/C20H43N5.HI/c1-7-12-24-14-10-19(16-24)15-23-20(21-8-2)22-11-9-13-25(17(3)4)18(5)6;/h17-19H,7-16H2,1-6H3,(H2,21,22,23);1H. The van der Waals surface area contributed by atoms with Gasteiger partial charge in [-0.2, -0.15) is 0 Å². The van der Waals surface area contributed by atoms with Crippen LogP contribution in [0.25, 0.3) is 0 Å². The van der Waals surface area contributed by atoms with Gasteiger partial charge >= 0.3 is 0 Å². The molecule has 1 aliphatic heterocycles. The summed E-state index contributed by atoms with van der Waals surface area (Å²) in [7, 11) is 0. The molecule has 156 valence electrons. The Kier molecular flexibility index (Phi) is 14.9. The van der Waals surface area contributed by atoms with Crippen molar-refractivity contribution in [1.29, 1.82) is 0 Å². The molecule has 5 nitrogen and oxygen atoms in total. The molecule has 2 N–H and O–H groups in total. The molecular weight excluding hydrogens is 437 g/mol. The summed E-state index contributed by atoms with van der Waals surface area (Å²) in [6, 6.07) is 1.21. The van der Waals surface area contributed by atoms with Crippen LogP contribution in [0.5, 0.6) is 0 Å². The lowest BCUT2D eigenvalue weighted by atomic mass is 10.1. The number of likely N-dealkylation sites (tertiary alicyclic amines) is 1. The topological polar surface area (TPSA) is 42.9 Å². The second-order valence-corrected chi connectivity index (χ2v) is 7.88. The van der Waals surface area contributed by atoms with Gasteiger partial charge in [0.2, 0.25) is 0 Å². The van der Waals surface area contributed by atoms with Crippen LogP contribution in [0.4, 0.5) is 0 Å². The van der Waals surface area contributed by atoms with Crippen molar-refractivity contribution in [2.75, 3.05) is 45.8 Å². The van der Waals surface area contributed by atoms with E-state index in [1.165, 1.54) is 32.5 Å². The normalized spacial score (nSPS) is 18.7. The van der Waals surface area contributed by atoms with Crippen LogP contribution in [0.3, 0.4) is 0 Å². The average Bonchev–Trinajstić information content (AvgIpc) is 2.99. The van der Waals surface area contributed by atoms with Crippen molar-refractivity contribution in [1.82, 2.24) is 20.4 Å². The molecule has 1 heterocycles. The number of rotatable bonds is 11. The van der Waals surface area contributed by atoms with E-state index in [9.17, 15) is 0 Å². The van der Waals surface area contributed by atoms with Gasteiger partial charge in [0.25, 0.3) is 0 Å². The fourth-order valence-corrected chi connectivity index (χ4v) is 3.72. The van der Waals surface area contributed by atoms with Crippen LogP contribution < -0.4 is 10.6 Å². The second-order valence-electron chi connectivity index (χ2n) is 7.88. The van der Waals surface area contributed by atoms with Crippen molar-refractivity contribution >= 4 is 29.9 Å². The lowest BCUT2D eigenvalue weighted by Gasteiger charge is -2.30. The second kappa shape index (κ2) is 14.9. The van der Waals surface area contributed by atoms with Gasteiger partial charge in [-0.1, -0.05) is 6.92 Å². The van der Waals surface area contributed by atoms with E-state index in [1.807, 2.05) is 0 Å². The quantitative estimate of drug-likeness (QED) is 0.206. The predicted molar refractivity (Wildman–Crippen MR) is 126 cm³/mol. The van der Waals surface area contributed by atoms with Gasteiger partial charge in [-0.15, -0.1) is 24.0 Å². The molecule has 0 spiro atoms. The Morgan fingerprint density at radius 2 is 1.85 bits per heavy atom. The molecule has 0 aromatic rings. The average molecular weight is 482 g/mol. The molecule has 26 heavy (non-hydrogen) atoms. The van der Waals surface area contributed by atoms with Crippen LogP contribution in [0.15, 0.2) is 4.99 Å². The third-order valence-electron chi connectivity index (χ3n) is 4.97. The first kappa shape index (κ1) is 25.9. The minimum atomic E-state index is 0. The Balaban J connectivity index is 0.00000625. The third-order valence-corrected chi connectivity index (χ3v) is 4.97. The first-order valence-corrected chi connectivity index (χ1v) is 10.5. The van der Waals surface area contributed by atoms with Gasteiger partial charge in [0.1, 0.15) is 0 Å². The zero-order valence-electron chi connectivity index (χ0n) is 18.1. The lowest BCUT2D eigenvalue weighted by Crippen LogP contribution is -2.41. The Hall–Kier alpha value is -0.0800. The van der Waals surface area contributed by atoms with E-state index in [1.54, 1.807) is 0 Å². The van der Waals surface area contributed by atoms with E-state index in [4.69, 9.17) is 4.99 Å². The largest absolute Gasteiger partial charge is 0.357 e. The summed E-state index contributed by atoms with van der Waals surface area (Å²) in [6.07, 6.45) is 3.69. The molecule has 1 saturated heterocycles. The number of aliphatic imine (C=N–C) groups is 1. The van der Waals surface area contributed by atoms with Gasteiger partial charge in [0, 0.05) is 44.8 Å². The molecule has 1 atom stereocenters. The van der Waals surface area contributed by atoms with E-state index >= 15 is 0 Å². The molecule has 1 rings (SSSR count). The zero-order valence-corrected chi connectivity index (χ0v) is 20.4. The molecule has 0 radical (unpaired) electrons. The van der Waals surface area contributed by atoms with Crippen molar-refractivity contribution in [3.05, 3.63) is 0 Å². The maximum atomic E-state index is 4.83. The van der Waals surface area contributed by atoms with Crippen molar-refractivity contribution in [2.45, 2.75) is 72.9 Å². The minimum Gasteiger partial charge on any atom is -0.357 e. The van der Waals surface area contributed by atoms with Crippen molar-refractivity contribution in [3.63, 3.8) is 0 Å². The molecule has 0 amide bonds. The molecular formula is C20H44IN5. The maximum Gasteiger partial charge on any atom is 0.191 e. The molecule has 0 aromatic carbocycles. The van der Waals surface area contributed by atoms with E-state index < -0.39 is 0 Å². The summed E-state index contributed by atoms with van der Waals surface area (Å²) in [5, 5.41) is 6.90. The number of halogens is 1. The molecule has 1 unspecified atom stereocenters. The summed E-state index contributed by atoms with van der Waals surface area (Å²) >= 11 is 0. The fourth-order valence-electron chi connectivity index (χ4n) is 3.72. The van der Waals surface area contributed by atoms with E-state index in [2.05, 4.69) is 62.0 Å². The van der Waals surface area contributed by atoms with Crippen molar-refractivity contribution < 1.29 is 0 Å². The zero-order chi connectivity index (χ0) is 18.7. The number of hydrogen-bond acceptors (Lipinski definition) is 3. The summed E-state index contributed by atoms with van der Waals surface area (Å²) in [5.74, 6) is 1.71. The summed E-state index contributed by atoms with van der Waals surface area (Å²) in [4.78, 5) is 9.96. The monoisotopic (exact) mass is 481 g/mol. The highest BCUT2D eigenvalue weighted by molar-refractivity contribution is 14.0. The van der Waals surface area contributed by atoms with Gasteiger partial charge < -0.3 is 15.5 Å². The van der Waals surface area contributed by atoms with E-state index in [0.29, 0.717) is 12.1 Å². The van der Waals surface area contributed by atoms with Crippen LogP contribution in [0.1, 0.15) is 60.8 Å². The lowest BCUT2D eigenvalue weighted by molar-refractivity contribution is 0.173. The van der Waals surface area contributed by atoms with Crippen LogP contribution >= 0.6 is 24.0 Å². The highest BCUT2D eigenvalue weighted by Crippen LogP contribution is 2.16. The van der Waals surface area contributed by atoms with Crippen LogP contribution in [-0.2, 0) is 0 Å². The van der Waals surface area contributed by atoms with Gasteiger partial charge in [-0.3, -0.25) is 9.89 Å². The van der Waals surface area contributed by atoms with Crippen LogP contribution in [0.2, 0.25) is 0 Å². The van der Waals surface area contributed by atoms with Gasteiger partial charge in [-0.25, -0.2) is 0 Å². The summed E-state index contributed by atoms with van der Waals surface area (Å²) in [5.41, 5.74) is 0.